The number of hydrogen-bond acceptors (Lipinski definition) is 5. The topological polar surface area (TPSA) is 56.3 Å². The van der Waals surface area contributed by atoms with Crippen LogP contribution in [0.25, 0.3) is 10.9 Å². The van der Waals surface area contributed by atoms with Crippen LogP contribution in [0, 0.1) is 11.7 Å². The summed E-state index contributed by atoms with van der Waals surface area (Å²) in [6, 6.07) is 8.09. The predicted octanol–water partition coefficient (Wildman–Crippen LogP) is 5.99. The number of methoxy groups -OCH3 is 1. The van der Waals surface area contributed by atoms with Gasteiger partial charge in [-0.15, -0.1) is 0 Å². The van der Waals surface area contributed by atoms with Crippen LogP contribution in [-0.4, -0.2) is 23.7 Å². The van der Waals surface area contributed by atoms with E-state index in [1.54, 1.807) is 13.2 Å². The summed E-state index contributed by atoms with van der Waals surface area (Å²) in [4.78, 5) is 8.63. The first-order valence-electron chi connectivity index (χ1n) is 9.19. The average Bonchev–Trinajstić information content (AvgIpc) is 2.70. The molecule has 0 spiro atoms. The van der Waals surface area contributed by atoms with Crippen molar-refractivity contribution >= 4 is 34.0 Å². The van der Waals surface area contributed by atoms with Gasteiger partial charge in [-0.05, 0) is 36.6 Å². The Morgan fingerprint density at radius 3 is 2.71 bits per heavy atom. The van der Waals surface area contributed by atoms with E-state index in [4.69, 9.17) is 21.1 Å². The van der Waals surface area contributed by atoms with Crippen molar-refractivity contribution in [3.8, 4) is 11.5 Å². The minimum Gasteiger partial charge on any atom is -0.493 e. The van der Waals surface area contributed by atoms with Crippen LogP contribution in [0.15, 0.2) is 36.7 Å². The average molecular weight is 404 g/mol. The second-order valence-corrected chi connectivity index (χ2v) is 7.05. The van der Waals surface area contributed by atoms with Crippen LogP contribution in [0.3, 0.4) is 0 Å². The maximum atomic E-state index is 13.4. The van der Waals surface area contributed by atoms with Gasteiger partial charge in [-0.25, -0.2) is 14.4 Å². The number of hydrogen-bond donors (Lipinski definition) is 1. The fourth-order valence-electron chi connectivity index (χ4n) is 2.72. The summed E-state index contributed by atoms with van der Waals surface area (Å²) >= 11 is 5.87. The monoisotopic (exact) mass is 403 g/mol. The summed E-state index contributed by atoms with van der Waals surface area (Å²) in [5.41, 5.74) is 1.33. The van der Waals surface area contributed by atoms with Crippen molar-refractivity contribution in [2.45, 2.75) is 26.7 Å². The van der Waals surface area contributed by atoms with Crippen molar-refractivity contribution in [3.63, 3.8) is 0 Å². The van der Waals surface area contributed by atoms with Crippen LogP contribution >= 0.6 is 11.6 Å². The van der Waals surface area contributed by atoms with Gasteiger partial charge in [-0.1, -0.05) is 31.9 Å². The number of nitrogens with one attached hydrogen (secondary N) is 1. The lowest BCUT2D eigenvalue weighted by Gasteiger charge is -2.15. The minimum atomic E-state index is -0.471. The van der Waals surface area contributed by atoms with Gasteiger partial charge in [0.15, 0.2) is 11.5 Å². The van der Waals surface area contributed by atoms with Crippen molar-refractivity contribution in [1.82, 2.24) is 9.97 Å². The molecule has 0 aliphatic carbocycles. The SMILES string of the molecule is CCC(C)CCOc1cc2c(Nc3ccc(F)c(Cl)c3)ncnc2cc1OC. The van der Waals surface area contributed by atoms with Gasteiger partial charge in [0.1, 0.15) is 18.0 Å². The Hall–Kier alpha value is -2.60. The lowest BCUT2D eigenvalue weighted by atomic mass is 10.1. The van der Waals surface area contributed by atoms with Gasteiger partial charge in [-0.2, -0.15) is 0 Å². The molecule has 1 heterocycles. The van der Waals surface area contributed by atoms with Crippen LogP contribution in [-0.2, 0) is 0 Å². The fourth-order valence-corrected chi connectivity index (χ4v) is 2.90. The summed E-state index contributed by atoms with van der Waals surface area (Å²) < 4.78 is 24.8. The zero-order valence-electron chi connectivity index (χ0n) is 16.1. The van der Waals surface area contributed by atoms with Crippen molar-refractivity contribution < 1.29 is 13.9 Å². The molecule has 0 amide bonds. The van der Waals surface area contributed by atoms with E-state index in [1.807, 2.05) is 12.1 Å². The second-order valence-electron chi connectivity index (χ2n) is 6.65. The van der Waals surface area contributed by atoms with E-state index in [9.17, 15) is 4.39 Å². The molecule has 1 unspecified atom stereocenters. The Kier molecular flexibility index (Phi) is 6.52. The van der Waals surface area contributed by atoms with Crippen molar-refractivity contribution in [2.24, 2.45) is 5.92 Å². The number of benzene rings is 2. The number of ether oxygens (including phenoxy) is 2. The molecule has 3 aromatic rings. The van der Waals surface area contributed by atoms with Crippen LogP contribution in [0.1, 0.15) is 26.7 Å². The van der Waals surface area contributed by atoms with Crippen LogP contribution in [0.4, 0.5) is 15.9 Å². The summed E-state index contributed by atoms with van der Waals surface area (Å²) in [6.45, 7) is 4.96. The lowest BCUT2D eigenvalue weighted by Crippen LogP contribution is -2.05. The van der Waals surface area contributed by atoms with Gasteiger partial charge in [-0.3, -0.25) is 0 Å². The molecule has 2 aromatic carbocycles. The maximum Gasteiger partial charge on any atom is 0.162 e. The first-order valence-corrected chi connectivity index (χ1v) is 9.57. The number of halogens is 2. The van der Waals surface area contributed by atoms with Gasteiger partial charge < -0.3 is 14.8 Å². The van der Waals surface area contributed by atoms with Crippen molar-refractivity contribution in [3.05, 3.63) is 47.5 Å². The molecule has 1 N–H and O–H groups in total. The third-order valence-electron chi connectivity index (χ3n) is 4.67. The standard InChI is InChI=1S/C21H23ClFN3O2/c1-4-13(2)7-8-28-20-10-15-18(11-19(20)27-3)24-12-25-21(15)26-14-5-6-17(23)16(22)9-14/h5-6,9-13H,4,7-8H2,1-3H3,(H,24,25,26). The van der Waals surface area contributed by atoms with E-state index < -0.39 is 5.82 Å². The highest BCUT2D eigenvalue weighted by molar-refractivity contribution is 6.31. The quantitative estimate of drug-likeness (QED) is 0.500. The molecule has 0 fully saturated rings. The van der Waals surface area contributed by atoms with Gasteiger partial charge in [0.2, 0.25) is 0 Å². The molecule has 3 rings (SSSR count). The highest BCUT2D eigenvalue weighted by Crippen LogP contribution is 2.35. The molecule has 1 aromatic heterocycles. The first-order chi connectivity index (χ1) is 13.5. The van der Waals surface area contributed by atoms with Gasteiger partial charge in [0.05, 0.1) is 24.3 Å². The summed E-state index contributed by atoms with van der Waals surface area (Å²) in [5, 5.41) is 3.97. The van der Waals surface area contributed by atoms with Gasteiger partial charge in [0, 0.05) is 17.1 Å². The molecule has 1 atom stereocenters. The molecule has 28 heavy (non-hydrogen) atoms. The van der Waals surface area contributed by atoms with E-state index in [0.29, 0.717) is 41.0 Å². The summed E-state index contributed by atoms with van der Waals surface area (Å²) in [6.07, 6.45) is 3.53. The van der Waals surface area contributed by atoms with Crippen LogP contribution in [0.5, 0.6) is 11.5 Å². The van der Waals surface area contributed by atoms with E-state index in [-0.39, 0.29) is 5.02 Å². The molecular weight excluding hydrogens is 381 g/mol. The highest BCUT2D eigenvalue weighted by Gasteiger charge is 2.13. The molecule has 0 bridgehead atoms. The number of aromatic nitrogens is 2. The second kappa shape index (κ2) is 9.06. The van der Waals surface area contributed by atoms with E-state index in [2.05, 4.69) is 29.1 Å². The first kappa shape index (κ1) is 20.1. The number of rotatable bonds is 8. The molecule has 0 saturated carbocycles. The van der Waals surface area contributed by atoms with Crippen molar-refractivity contribution in [2.75, 3.05) is 19.0 Å². The molecule has 0 radical (unpaired) electrons. The zero-order valence-corrected chi connectivity index (χ0v) is 16.9. The maximum absolute atomic E-state index is 13.4. The largest absolute Gasteiger partial charge is 0.493 e. The van der Waals surface area contributed by atoms with Crippen LogP contribution < -0.4 is 14.8 Å². The predicted molar refractivity (Wildman–Crippen MR) is 110 cm³/mol. The molecule has 0 aliphatic heterocycles. The van der Waals surface area contributed by atoms with E-state index in [1.165, 1.54) is 18.5 Å². The summed E-state index contributed by atoms with van der Waals surface area (Å²) in [5.74, 6) is 1.94. The summed E-state index contributed by atoms with van der Waals surface area (Å²) in [7, 11) is 1.60. The molecule has 7 heteroatoms. The molecule has 0 aliphatic rings. The molecule has 0 saturated heterocycles. The third kappa shape index (κ3) is 4.62. The smallest absolute Gasteiger partial charge is 0.162 e. The van der Waals surface area contributed by atoms with Crippen molar-refractivity contribution in [1.29, 1.82) is 0 Å². The number of nitrogens with zero attached hydrogens (tertiary/aromatic N) is 2. The minimum absolute atomic E-state index is 0.0408. The molecule has 5 nitrogen and oxygen atoms in total. The number of anilines is 2. The third-order valence-corrected chi connectivity index (χ3v) is 4.96. The Morgan fingerprint density at radius 1 is 1.18 bits per heavy atom. The van der Waals surface area contributed by atoms with Crippen LogP contribution in [0.2, 0.25) is 5.02 Å². The normalized spacial score (nSPS) is 12.0. The molecular formula is C21H23ClFN3O2. The Balaban J connectivity index is 1.92. The Morgan fingerprint density at radius 2 is 2.00 bits per heavy atom. The lowest BCUT2D eigenvalue weighted by molar-refractivity contribution is 0.267. The number of fused-ring (bicyclic) bond motifs is 1. The highest BCUT2D eigenvalue weighted by atomic mass is 35.5. The van der Waals surface area contributed by atoms with E-state index in [0.717, 1.165) is 18.2 Å². The van der Waals surface area contributed by atoms with Gasteiger partial charge >= 0.3 is 0 Å². The molecule has 148 valence electrons. The Labute approximate surface area is 168 Å². The van der Waals surface area contributed by atoms with E-state index >= 15 is 0 Å². The Bertz CT molecular complexity index is 968. The fraction of sp³-hybridized carbons (Fsp3) is 0.333. The zero-order chi connectivity index (χ0) is 20.1. The van der Waals surface area contributed by atoms with Gasteiger partial charge in [0.25, 0.3) is 0 Å².